The van der Waals surface area contributed by atoms with Gasteiger partial charge < -0.3 is 15.4 Å². The predicted molar refractivity (Wildman–Crippen MR) is 164 cm³/mol. The van der Waals surface area contributed by atoms with Crippen molar-refractivity contribution >= 4 is 39.4 Å². The van der Waals surface area contributed by atoms with Crippen molar-refractivity contribution in [2.24, 2.45) is 0 Å². The monoisotopic (exact) mass is 534 g/mol. The van der Waals surface area contributed by atoms with E-state index in [1.54, 1.807) is 6.33 Å². The first kappa shape index (κ1) is 24.4. The summed E-state index contributed by atoms with van der Waals surface area (Å²) < 4.78 is 8.03. The molecule has 0 radical (unpaired) electrons. The topological polar surface area (TPSA) is 76.9 Å². The molecule has 0 unspecified atom stereocenters. The summed E-state index contributed by atoms with van der Waals surface area (Å²) in [5.41, 5.74) is 4.34. The third kappa shape index (κ3) is 5.16. The van der Waals surface area contributed by atoms with Crippen LogP contribution in [0.4, 0.5) is 17.5 Å². The second-order valence-electron chi connectivity index (χ2n) is 9.60. The van der Waals surface area contributed by atoms with Gasteiger partial charge in [-0.25, -0.2) is 15.0 Å². The van der Waals surface area contributed by atoms with Crippen molar-refractivity contribution < 1.29 is 4.74 Å². The zero-order valence-corrected chi connectivity index (χ0v) is 22.1. The molecule has 5 aromatic carbocycles. The Morgan fingerprint density at radius 2 is 1.37 bits per heavy atom. The molecule has 0 amide bonds. The van der Waals surface area contributed by atoms with E-state index in [1.807, 2.05) is 89.5 Å². The van der Waals surface area contributed by atoms with Gasteiger partial charge in [-0.15, -0.1) is 0 Å². The van der Waals surface area contributed by atoms with Crippen molar-refractivity contribution in [3.8, 4) is 17.2 Å². The zero-order valence-electron chi connectivity index (χ0n) is 22.1. The lowest BCUT2D eigenvalue weighted by molar-refractivity contribution is 0.482. The number of nitrogens with zero attached hydrogens (tertiary/aromatic N) is 4. The Balaban J connectivity index is 1.28. The number of nitrogens with one attached hydrogen (secondary N) is 2. The highest BCUT2D eigenvalue weighted by Gasteiger charge is 2.18. The Labute approximate surface area is 237 Å². The SMILES string of the molecule is c1ccc(CNc2ncnc3c2nc(Nc2ccc4ccccc4c2)n3-c2ccc(Oc3ccccc3)cc2)cc1. The summed E-state index contributed by atoms with van der Waals surface area (Å²) in [6.07, 6.45) is 1.57. The first-order chi connectivity index (χ1) is 20.3. The van der Waals surface area contributed by atoms with Crippen LogP contribution in [0.3, 0.4) is 0 Å². The van der Waals surface area contributed by atoms with Gasteiger partial charge in [-0.1, -0.05) is 78.9 Å². The van der Waals surface area contributed by atoms with Gasteiger partial charge in [0, 0.05) is 12.2 Å². The van der Waals surface area contributed by atoms with Gasteiger partial charge in [-0.2, -0.15) is 0 Å². The van der Waals surface area contributed by atoms with E-state index in [1.165, 1.54) is 5.39 Å². The van der Waals surface area contributed by atoms with Crippen molar-refractivity contribution in [1.82, 2.24) is 19.5 Å². The van der Waals surface area contributed by atoms with Crippen LogP contribution in [0.25, 0.3) is 27.6 Å². The van der Waals surface area contributed by atoms with Crippen LogP contribution in [-0.2, 0) is 6.54 Å². The van der Waals surface area contributed by atoms with E-state index in [4.69, 9.17) is 9.72 Å². The van der Waals surface area contributed by atoms with Gasteiger partial charge in [0.1, 0.15) is 17.8 Å². The molecule has 0 atom stereocenters. The van der Waals surface area contributed by atoms with Crippen LogP contribution in [0.5, 0.6) is 11.5 Å². The fraction of sp³-hybridized carbons (Fsp3) is 0.0294. The van der Waals surface area contributed by atoms with E-state index >= 15 is 0 Å². The van der Waals surface area contributed by atoms with E-state index in [0.717, 1.165) is 33.8 Å². The lowest BCUT2D eigenvalue weighted by atomic mass is 10.1. The molecule has 2 aromatic heterocycles. The number of hydrogen-bond donors (Lipinski definition) is 2. The van der Waals surface area contributed by atoms with Crippen LogP contribution in [0.2, 0.25) is 0 Å². The number of aromatic nitrogens is 4. The molecule has 7 aromatic rings. The summed E-state index contributed by atoms with van der Waals surface area (Å²) in [5, 5.41) is 9.30. The van der Waals surface area contributed by atoms with Gasteiger partial charge in [0.05, 0.1) is 5.69 Å². The number of hydrogen-bond acceptors (Lipinski definition) is 6. The summed E-state index contributed by atoms with van der Waals surface area (Å²) in [5.74, 6) is 2.83. The van der Waals surface area contributed by atoms with Crippen LogP contribution in [0, 0.1) is 0 Å². The minimum atomic E-state index is 0.624. The molecule has 0 bridgehead atoms. The summed E-state index contributed by atoms with van der Waals surface area (Å²) in [7, 11) is 0. The Bertz CT molecular complexity index is 1940. The van der Waals surface area contributed by atoms with Crippen molar-refractivity contribution in [1.29, 1.82) is 0 Å². The Morgan fingerprint density at radius 1 is 0.659 bits per heavy atom. The molecule has 0 fully saturated rings. The minimum absolute atomic E-state index is 0.624. The normalized spacial score (nSPS) is 11.0. The highest BCUT2D eigenvalue weighted by molar-refractivity contribution is 5.89. The summed E-state index contributed by atoms with van der Waals surface area (Å²) in [4.78, 5) is 14.2. The molecule has 0 aliphatic rings. The number of ether oxygens (including phenoxy) is 1. The van der Waals surface area contributed by atoms with Crippen molar-refractivity contribution in [3.05, 3.63) is 139 Å². The number of fused-ring (bicyclic) bond motifs is 2. The average molecular weight is 535 g/mol. The molecular formula is C34H26N6O. The highest BCUT2D eigenvalue weighted by atomic mass is 16.5. The average Bonchev–Trinajstić information content (AvgIpc) is 3.40. The molecule has 2 heterocycles. The Morgan fingerprint density at radius 3 is 2.17 bits per heavy atom. The molecule has 41 heavy (non-hydrogen) atoms. The van der Waals surface area contributed by atoms with Gasteiger partial charge in [0.25, 0.3) is 0 Å². The van der Waals surface area contributed by atoms with E-state index in [9.17, 15) is 0 Å². The van der Waals surface area contributed by atoms with Crippen LogP contribution >= 0.6 is 0 Å². The maximum absolute atomic E-state index is 6.02. The van der Waals surface area contributed by atoms with Gasteiger partial charge >= 0.3 is 0 Å². The first-order valence-corrected chi connectivity index (χ1v) is 13.4. The fourth-order valence-electron chi connectivity index (χ4n) is 4.82. The van der Waals surface area contributed by atoms with Crippen LogP contribution in [-0.4, -0.2) is 19.5 Å². The Kier molecular flexibility index (Phi) is 6.43. The molecular weight excluding hydrogens is 508 g/mol. The predicted octanol–water partition coefficient (Wildman–Crippen LogP) is 8.12. The summed E-state index contributed by atoms with van der Waals surface area (Å²) in [6.45, 7) is 0.624. The van der Waals surface area contributed by atoms with Gasteiger partial charge in [-0.05, 0) is 64.9 Å². The number of benzene rings is 5. The van der Waals surface area contributed by atoms with Crippen LogP contribution in [0.1, 0.15) is 5.56 Å². The highest BCUT2D eigenvalue weighted by Crippen LogP contribution is 2.31. The maximum atomic E-state index is 6.02. The quantitative estimate of drug-likeness (QED) is 0.205. The van der Waals surface area contributed by atoms with Gasteiger partial charge in [-0.3, -0.25) is 4.57 Å². The van der Waals surface area contributed by atoms with Crippen molar-refractivity contribution in [2.45, 2.75) is 6.54 Å². The molecule has 0 spiro atoms. The zero-order chi connectivity index (χ0) is 27.4. The molecule has 7 nitrogen and oxygen atoms in total. The number of para-hydroxylation sites is 1. The second-order valence-corrected chi connectivity index (χ2v) is 9.60. The third-order valence-corrected chi connectivity index (χ3v) is 6.83. The second kappa shape index (κ2) is 10.8. The van der Waals surface area contributed by atoms with E-state index in [2.05, 4.69) is 63.1 Å². The summed E-state index contributed by atoms with van der Waals surface area (Å²) in [6, 6.07) is 42.4. The standard InChI is InChI=1S/C34H26N6O/c1-3-9-24(10-4-1)22-35-32-31-33(37-23-36-32)40(28-17-19-30(20-18-28)41-29-13-5-2-6-14-29)34(39-31)38-27-16-15-25-11-7-8-12-26(25)21-27/h1-21,23H,22H2,(H,38,39)(H,35,36,37). The lowest BCUT2D eigenvalue weighted by Gasteiger charge is -2.12. The molecule has 0 aliphatic heterocycles. The number of imidazole rings is 1. The van der Waals surface area contributed by atoms with Gasteiger partial charge in [0.15, 0.2) is 17.0 Å². The minimum Gasteiger partial charge on any atom is -0.457 e. The number of rotatable bonds is 8. The molecule has 7 rings (SSSR count). The molecule has 7 heteroatoms. The smallest absolute Gasteiger partial charge is 0.214 e. The molecule has 2 N–H and O–H groups in total. The number of anilines is 3. The molecule has 0 aliphatic carbocycles. The Hall–Kier alpha value is -5.69. The third-order valence-electron chi connectivity index (χ3n) is 6.83. The van der Waals surface area contributed by atoms with Crippen LogP contribution < -0.4 is 15.4 Å². The fourth-order valence-corrected chi connectivity index (χ4v) is 4.82. The maximum Gasteiger partial charge on any atom is 0.214 e. The molecule has 0 saturated carbocycles. The van der Waals surface area contributed by atoms with Gasteiger partial charge in [0.2, 0.25) is 5.95 Å². The van der Waals surface area contributed by atoms with E-state index in [0.29, 0.717) is 29.5 Å². The van der Waals surface area contributed by atoms with E-state index in [-0.39, 0.29) is 0 Å². The van der Waals surface area contributed by atoms with E-state index < -0.39 is 0 Å². The summed E-state index contributed by atoms with van der Waals surface area (Å²) >= 11 is 0. The van der Waals surface area contributed by atoms with Crippen molar-refractivity contribution in [3.63, 3.8) is 0 Å². The molecule has 198 valence electrons. The van der Waals surface area contributed by atoms with Crippen LogP contribution in [0.15, 0.2) is 134 Å². The first-order valence-electron chi connectivity index (χ1n) is 13.4. The lowest BCUT2D eigenvalue weighted by Crippen LogP contribution is -2.04. The largest absolute Gasteiger partial charge is 0.457 e. The molecule has 0 saturated heterocycles. The van der Waals surface area contributed by atoms with Crippen molar-refractivity contribution in [2.75, 3.05) is 10.6 Å².